The first kappa shape index (κ1) is 19.5. The SMILES string of the molecule is NCc1cccc(-c2ccc(Cl)c(C(=O)Nc3ccccc3CC(=O)O)n2)c1. The zero-order valence-corrected chi connectivity index (χ0v) is 15.6. The minimum absolute atomic E-state index is 0.0578. The number of halogens is 1. The average molecular weight is 396 g/mol. The van der Waals surface area contributed by atoms with Crippen LogP contribution in [0.2, 0.25) is 5.02 Å². The molecule has 0 aliphatic rings. The van der Waals surface area contributed by atoms with E-state index in [1.54, 1.807) is 36.4 Å². The molecule has 7 heteroatoms. The second kappa shape index (κ2) is 8.65. The average Bonchev–Trinajstić information content (AvgIpc) is 2.69. The van der Waals surface area contributed by atoms with Gasteiger partial charge in [0, 0.05) is 17.8 Å². The van der Waals surface area contributed by atoms with Gasteiger partial charge < -0.3 is 16.2 Å². The Balaban J connectivity index is 1.91. The number of carboxylic acids is 1. The summed E-state index contributed by atoms with van der Waals surface area (Å²) >= 11 is 6.19. The van der Waals surface area contributed by atoms with Crippen LogP contribution < -0.4 is 11.1 Å². The fourth-order valence-corrected chi connectivity index (χ4v) is 2.95. The van der Waals surface area contributed by atoms with Gasteiger partial charge >= 0.3 is 5.97 Å². The van der Waals surface area contributed by atoms with Crippen LogP contribution in [0.1, 0.15) is 21.6 Å². The first-order valence-corrected chi connectivity index (χ1v) is 8.92. The third-order valence-corrected chi connectivity index (χ3v) is 4.43. The number of para-hydroxylation sites is 1. The number of nitrogens with one attached hydrogen (secondary N) is 1. The summed E-state index contributed by atoms with van der Waals surface area (Å²) in [5, 5.41) is 11.9. The van der Waals surface area contributed by atoms with Gasteiger partial charge in [0.25, 0.3) is 5.91 Å². The van der Waals surface area contributed by atoms with Gasteiger partial charge in [0.2, 0.25) is 0 Å². The lowest BCUT2D eigenvalue weighted by molar-refractivity contribution is -0.136. The molecule has 1 aromatic heterocycles. The van der Waals surface area contributed by atoms with Crippen molar-refractivity contribution < 1.29 is 14.7 Å². The zero-order chi connectivity index (χ0) is 20.1. The van der Waals surface area contributed by atoms with Gasteiger partial charge in [-0.25, -0.2) is 4.98 Å². The van der Waals surface area contributed by atoms with Crippen LogP contribution in [0.15, 0.2) is 60.7 Å². The standard InChI is InChI=1S/C21H18ClN3O3/c22-16-8-9-18(14-6-3-4-13(10-14)12-23)24-20(16)21(28)25-17-7-2-1-5-15(17)11-19(26)27/h1-10H,11-12,23H2,(H,25,28)(H,26,27). The molecule has 1 heterocycles. The van der Waals surface area contributed by atoms with E-state index in [4.69, 9.17) is 22.4 Å². The summed E-state index contributed by atoms with van der Waals surface area (Å²) in [7, 11) is 0. The number of amides is 1. The van der Waals surface area contributed by atoms with E-state index in [-0.39, 0.29) is 17.1 Å². The number of rotatable bonds is 6. The summed E-state index contributed by atoms with van der Waals surface area (Å²) in [6.45, 7) is 0.398. The Morgan fingerprint density at radius 2 is 1.86 bits per heavy atom. The third kappa shape index (κ3) is 4.54. The predicted octanol–water partition coefficient (Wildman–Crippen LogP) is 3.74. The van der Waals surface area contributed by atoms with Crippen molar-refractivity contribution in [2.24, 2.45) is 5.73 Å². The second-order valence-electron chi connectivity index (χ2n) is 6.11. The van der Waals surface area contributed by atoms with Crippen LogP contribution in [0.5, 0.6) is 0 Å². The molecule has 1 amide bonds. The molecule has 0 unspecified atom stereocenters. The largest absolute Gasteiger partial charge is 0.481 e. The number of hydrogen-bond donors (Lipinski definition) is 3. The van der Waals surface area contributed by atoms with Crippen molar-refractivity contribution in [2.45, 2.75) is 13.0 Å². The highest BCUT2D eigenvalue weighted by atomic mass is 35.5. The Kier molecular flexibility index (Phi) is 6.03. The summed E-state index contributed by atoms with van der Waals surface area (Å²) in [6, 6.07) is 17.6. The summed E-state index contributed by atoms with van der Waals surface area (Å²) in [5.74, 6) is -1.50. The highest BCUT2D eigenvalue weighted by Crippen LogP contribution is 2.24. The Labute approximate surface area is 167 Å². The van der Waals surface area contributed by atoms with Crippen LogP contribution in [0.4, 0.5) is 5.69 Å². The molecule has 28 heavy (non-hydrogen) atoms. The molecule has 142 valence electrons. The van der Waals surface area contributed by atoms with Crippen molar-refractivity contribution in [3.63, 3.8) is 0 Å². The maximum absolute atomic E-state index is 12.8. The highest BCUT2D eigenvalue weighted by Gasteiger charge is 2.16. The minimum atomic E-state index is -0.986. The molecule has 0 bridgehead atoms. The fraction of sp³-hybridized carbons (Fsp3) is 0.0952. The number of aromatic nitrogens is 1. The molecule has 0 spiro atoms. The van der Waals surface area contributed by atoms with Crippen molar-refractivity contribution >= 4 is 29.2 Å². The van der Waals surface area contributed by atoms with Crippen molar-refractivity contribution in [1.82, 2.24) is 4.98 Å². The molecule has 6 nitrogen and oxygen atoms in total. The minimum Gasteiger partial charge on any atom is -0.481 e. The predicted molar refractivity (Wildman–Crippen MR) is 108 cm³/mol. The lowest BCUT2D eigenvalue weighted by Gasteiger charge is -2.11. The smallest absolute Gasteiger partial charge is 0.307 e. The van der Waals surface area contributed by atoms with Crippen molar-refractivity contribution in [3.8, 4) is 11.3 Å². The van der Waals surface area contributed by atoms with Crippen LogP contribution in [-0.2, 0) is 17.8 Å². The number of nitrogens with two attached hydrogens (primary N) is 1. The maximum Gasteiger partial charge on any atom is 0.307 e. The molecule has 4 N–H and O–H groups in total. The van der Waals surface area contributed by atoms with Gasteiger partial charge in [-0.1, -0.05) is 48.0 Å². The molecule has 0 atom stereocenters. The Morgan fingerprint density at radius 1 is 1.07 bits per heavy atom. The molecule has 3 rings (SSSR count). The van der Waals surface area contributed by atoms with Gasteiger partial charge in [0.15, 0.2) is 0 Å². The van der Waals surface area contributed by atoms with Crippen molar-refractivity contribution in [1.29, 1.82) is 0 Å². The van der Waals surface area contributed by atoms with E-state index in [1.807, 2.05) is 24.3 Å². The number of nitrogens with zero attached hydrogens (tertiary/aromatic N) is 1. The van der Waals surface area contributed by atoms with Crippen LogP contribution in [0, 0.1) is 0 Å². The van der Waals surface area contributed by atoms with Gasteiger partial charge in [0.1, 0.15) is 5.69 Å². The van der Waals surface area contributed by atoms with E-state index in [9.17, 15) is 9.59 Å². The molecule has 0 fully saturated rings. The number of anilines is 1. The molecule has 0 saturated carbocycles. The molecule has 0 aliphatic heterocycles. The van der Waals surface area contributed by atoms with E-state index in [0.29, 0.717) is 23.5 Å². The van der Waals surface area contributed by atoms with Crippen LogP contribution in [0.25, 0.3) is 11.3 Å². The Bertz CT molecular complexity index is 1040. The molecule has 2 aromatic carbocycles. The summed E-state index contributed by atoms with van der Waals surface area (Å²) < 4.78 is 0. The topological polar surface area (TPSA) is 105 Å². The lowest BCUT2D eigenvalue weighted by atomic mass is 10.1. The number of hydrogen-bond acceptors (Lipinski definition) is 4. The van der Waals surface area contributed by atoms with Gasteiger partial charge in [-0.2, -0.15) is 0 Å². The number of carboxylic acid groups (broad SMARTS) is 1. The van der Waals surface area contributed by atoms with E-state index < -0.39 is 11.9 Å². The Hall–Kier alpha value is -3.22. The summed E-state index contributed by atoms with van der Waals surface area (Å²) in [5.41, 5.74) is 8.99. The maximum atomic E-state index is 12.8. The van der Waals surface area contributed by atoms with Crippen molar-refractivity contribution in [3.05, 3.63) is 82.5 Å². The molecule has 0 saturated heterocycles. The first-order valence-electron chi connectivity index (χ1n) is 8.55. The lowest BCUT2D eigenvalue weighted by Crippen LogP contribution is -2.16. The monoisotopic (exact) mass is 395 g/mol. The molecular formula is C21H18ClN3O3. The Morgan fingerprint density at radius 3 is 2.61 bits per heavy atom. The van der Waals surface area contributed by atoms with E-state index in [0.717, 1.165) is 11.1 Å². The quantitative estimate of drug-likeness (QED) is 0.589. The van der Waals surface area contributed by atoms with E-state index in [2.05, 4.69) is 10.3 Å². The normalized spacial score (nSPS) is 10.5. The van der Waals surface area contributed by atoms with Gasteiger partial charge in [-0.05, 0) is 35.4 Å². The molecular weight excluding hydrogens is 378 g/mol. The highest BCUT2D eigenvalue weighted by molar-refractivity contribution is 6.34. The van der Waals surface area contributed by atoms with Crippen LogP contribution in [0.3, 0.4) is 0 Å². The second-order valence-corrected chi connectivity index (χ2v) is 6.52. The number of carbonyl (C=O) groups is 2. The van der Waals surface area contributed by atoms with Crippen LogP contribution in [-0.4, -0.2) is 22.0 Å². The fourth-order valence-electron chi connectivity index (χ4n) is 2.76. The van der Waals surface area contributed by atoms with E-state index in [1.165, 1.54) is 0 Å². The summed E-state index contributed by atoms with van der Waals surface area (Å²) in [4.78, 5) is 28.2. The van der Waals surface area contributed by atoms with Gasteiger partial charge in [-0.15, -0.1) is 0 Å². The zero-order valence-electron chi connectivity index (χ0n) is 14.9. The summed E-state index contributed by atoms with van der Waals surface area (Å²) in [6.07, 6.45) is -0.205. The number of benzene rings is 2. The molecule has 3 aromatic rings. The number of aliphatic carboxylic acids is 1. The van der Waals surface area contributed by atoms with Gasteiger partial charge in [0.05, 0.1) is 17.1 Å². The third-order valence-electron chi connectivity index (χ3n) is 4.13. The van der Waals surface area contributed by atoms with E-state index >= 15 is 0 Å². The van der Waals surface area contributed by atoms with Crippen LogP contribution >= 0.6 is 11.6 Å². The van der Waals surface area contributed by atoms with Crippen molar-refractivity contribution in [2.75, 3.05) is 5.32 Å². The van der Waals surface area contributed by atoms with Gasteiger partial charge in [-0.3, -0.25) is 9.59 Å². The number of carbonyl (C=O) groups excluding carboxylic acids is 1. The number of pyridine rings is 1. The molecule has 0 radical (unpaired) electrons. The first-order chi connectivity index (χ1) is 13.5. The molecule has 0 aliphatic carbocycles.